The molecule has 8 nitrogen and oxygen atoms in total. The summed E-state index contributed by atoms with van der Waals surface area (Å²) in [7, 11) is -0.191. The fourth-order valence-corrected chi connectivity index (χ4v) is 4.47. The largest absolute Gasteiger partial charge is 0.464 e. The minimum atomic E-state index is -4.13. The minimum absolute atomic E-state index is 0.175. The molecule has 9 heteroatoms. The first kappa shape index (κ1) is 23.7. The first-order valence-corrected chi connectivity index (χ1v) is 11.7. The third kappa shape index (κ3) is 5.46. The maximum absolute atomic E-state index is 13.0. The standard InChI is InChI=1S/C22H32N2O6S/c1-21(2,20(25)29-16-22(3)14-28-15-22)13-30-31(26,27)24-12-17(10-11-23(4)5)18-8-6-7-9-19(18)24/h6-9,12H,10-11,13-16H2,1-5H3. The van der Waals surface area contributed by atoms with Gasteiger partial charge in [0.1, 0.15) is 6.61 Å². The molecule has 0 atom stereocenters. The van der Waals surface area contributed by atoms with Crippen molar-refractivity contribution in [2.75, 3.05) is 47.1 Å². The Morgan fingerprint density at radius 3 is 2.55 bits per heavy atom. The monoisotopic (exact) mass is 452 g/mol. The predicted molar refractivity (Wildman–Crippen MR) is 118 cm³/mol. The summed E-state index contributed by atoms with van der Waals surface area (Å²) < 4.78 is 43.0. The molecule has 1 saturated heterocycles. The number of ether oxygens (including phenoxy) is 2. The SMILES string of the molecule is CN(C)CCc1cn(S(=O)(=O)OCC(C)(C)C(=O)OCC2(C)COC2)c2ccccc12. The molecule has 1 aromatic carbocycles. The average molecular weight is 453 g/mol. The number of hydrogen-bond donors (Lipinski definition) is 0. The summed E-state index contributed by atoms with van der Waals surface area (Å²) in [6.07, 6.45) is 2.31. The molecule has 0 radical (unpaired) electrons. The number of nitrogens with zero attached hydrogens (tertiary/aromatic N) is 2. The van der Waals surface area contributed by atoms with Crippen LogP contribution in [0.4, 0.5) is 0 Å². The molecule has 3 rings (SSSR count). The zero-order valence-corrected chi connectivity index (χ0v) is 19.7. The van der Waals surface area contributed by atoms with E-state index in [4.69, 9.17) is 13.7 Å². The van der Waals surface area contributed by atoms with E-state index >= 15 is 0 Å². The van der Waals surface area contributed by atoms with E-state index in [1.807, 2.05) is 38.1 Å². The van der Waals surface area contributed by atoms with Crippen molar-refractivity contribution in [2.24, 2.45) is 10.8 Å². The summed E-state index contributed by atoms with van der Waals surface area (Å²) in [5, 5.41) is 0.867. The van der Waals surface area contributed by atoms with E-state index in [0.29, 0.717) is 25.2 Å². The zero-order chi connectivity index (χ0) is 22.9. The van der Waals surface area contributed by atoms with Gasteiger partial charge in [-0.25, -0.2) is 3.97 Å². The molecule has 0 bridgehead atoms. The van der Waals surface area contributed by atoms with Gasteiger partial charge in [0.15, 0.2) is 0 Å². The van der Waals surface area contributed by atoms with Crippen LogP contribution in [0.3, 0.4) is 0 Å². The van der Waals surface area contributed by atoms with Gasteiger partial charge in [-0.15, -0.1) is 0 Å². The summed E-state index contributed by atoms with van der Waals surface area (Å²) in [5.74, 6) is -0.500. The molecule has 1 aliphatic heterocycles. The molecule has 0 saturated carbocycles. The second-order valence-electron chi connectivity index (χ2n) is 9.50. The summed E-state index contributed by atoms with van der Waals surface area (Å²) in [6, 6.07) is 7.32. The van der Waals surface area contributed by atoms with Crippen molar-refractivity contribution in [3.05, 3.63) is 36.0 Å². The summed E-state index contributed by atoms with van der Waals surface area (Å²) >= 11 is 0. The van der Waals surface area contributed by atoms with E-state index in [1.165, 1.54) is 0 Å². The number of para-hydroxylation sites is 1. The summed E-state index contributed by atoms with van der Waals surface area (Å²) in [4.78, 5) is 14.6. The number of rotatable bonds is 10. The van der Waals surface area contributed by atoms with Crippen LogP contribution in [0, 0.1) is 10.8 Å². The lowest BCUT2D eigenvalue weighted by atomic mass is 9.89. The van der Waals surface area contributed by atoms with Crippen LogP contribution in [0.1, 0.15) is 26.3 Å². The molecule has 0 unspecified atom stereocenters. The summed E-state index contributed by atoms with van der Waals surface area (Å²) in [5.41, 5.74) is 0.178. The highest BCUT2D eigenvalue weighted by Gasteiger charge is 2.38. The van der Waals surface area contributed by atoms with Crippen LogP contribution in [0.2, 0.25) is 0 Å². The normalized spacial score (nSPS) is 16.5. The number of esters is 1. The molecule has 2 heterocycles. The lowest BCUT2D eigenvalue weighted by molar-refractivity contribution is -0.174. The van der Waals surface area contributed by atoms with Crippen molar-refractivity contribution >= 4 is 27.2 Å². The minimum Gasteiger partial charge on any atom is -0.464 e. The molecule has 1 aromatic heterocycles. The second-order valence-corrected chi connectivity index (χ2v) is 11.0. The van der Waals surface area contributed by atoms with Gasteiger partial charge in [0.05, 0.1) is 30.8 Å². The average Bonchev–Trinajstić information content (AvgIpc) is 3.07. The van der Waals surface area contributed by atoms with E-state index in [1.54, 1.807) is 32.2 Å². The van der Waals surface area contributed by atoms with Crippen molar-refractivity contribution < 1.29 is 26.9 Å². The van der Waals surface area contributed by atoms with Crippen LogP contribution in [0.25, 0.3) is 10.9 Å². The topological polar surface area (TPSA) is 87.1 Å². The van der Waals surface area contributed by atoms with E-state index in [0.717, 1.165) is 21.5 Å². The smallest absolute Gasteiger partial charge is 0.366 e. The Morgan fingerprint density at radius 1 is 1.26 bits per heavy atom. The summed E-state index contributed by atoms with van der Waals surface area (Å²) in [6.45, 7) is 6.99. The fraction of sp³-hybridized carbons (Fsp3) is 0.591. The first-order valence-electron chi connectivity index (χ1n) is 10.3. The highest BCUT2D eigenvalue weighted by Crippen LogP contribution is 2.29. The first-order chi connectivity index (χ1) is 14.4. The zero-order valence-electron chi connectivity index (χ0n) is 18.9. The van der Waals surface area contributed by atoms with Gasteiger partial charge in [-0.2, -0.15) is 8.42 Å². The molecule has 0 aliphatic carbocycles. The van der Waals surface area contributed by atoms with Crippen molar-refractivity contribution in [3.8, 4) is 0 Å². The third-order valence-electron chi connectivity index (χ3n) is 5.40. The number of carbonyl (C=O) groups is 1. The molecule has 1 aliphatic rings. The maximum atomic E-state index is 13.0. The van der Waals surface area contributed by atoms with Crippen LogP contribution in [0.5, 0.6) is 0 Å². The van der Waals surface area contributed by atoms with Gasteiger partial charge in [0.25, 0.3) is 0 Å². The highest BCUT2D eigenvalue weighted by atomic mass is 32.2. The Morgan fingerprint density at radius 2 is 1.94 bits per heavy atom. The van der Waals surface area contributed by atoms with Crippen molar-refractivity contribution in [3.63, 3.8) is 0 Å². The van der Waals surface area contributed by atoms with Gasteiger partial charge >= 0.3 is 16.3 Å². The van der Waals surface area contributed by atoms with Gasteiger partial charge in [0.2, 0.25) is 0 Å². The van der Waals surface area contributed by atoms with Gasteiger partial charge in [-0.3, -0.25) is 8.98 Å². The van der Waals surface area contributed by atoms with E-state index < -0.39 is 21.7 Å². The lowest BCUT2D eigenvalue weighted by Gasteiger charge is -2.37. The maximum Gasteiger partial charge on any atom is 0.366 e. The number of aromatic nitrogens is 1. The predicted octanol–water partition coefficient (Wildman–Crippen LogP) is 2.46. The Bertz CT molecular complexity index is 1040. The Kier molecular flexibility index (Phi) is 6.81. The number of benzene rings is 1. The number of fused-ring (bicyclic) bond motifs is 1. The molecular formula is C22H32N2O6S. The molecule has 0 N–H and O–H groups in total. The molecule has 172 valence electrons. The Labute approximate surface area is 184 Å². The fourth-order valence-electron chi connectivity index (χ4n) is 3.25. The molecule has 31 heavy (non-hydrogen) atoms. The molecule has 0 spiro atoms. The molecule has 1 fully saturated rings. The second kappa shape index (κ2) is 8.90. The van der Waals surface area contributed by atoms with Crippen LogP contribution in [0.15, 0.2) is 30.5 Å². The molecule has 0 amide bonds. The van der Waals surface area contributed by atoms with Crippen molar-refractivity contribution in [1.29, 1.82) is 0 Å². The molecular weight excluding hydrogens is 420 g/mol. The molecule has 2 aromatic rings. The van der Waals surface area contributed by atoms with Gasteiger partial charge in [0, 0.05) is 23.5 Å². The third-order valence-corrected chi connectivity index (χ3v) is 6.60. The lowest BCUT2D eigenvalue weighted by Crippen LogP contribution is -2.45. The van der Waals surface area contributed by atoms with Gasteiger partial charge in [-0.05, 0) is 46.0 Å². The van der Waals surface area contributed by atoms with E-state index in [-0.39, 0.29) is 18.6 Å². The van der Waals surface area contributed by atoms with Gasteiger partial charge in [-0.1, -0.05) is 25.1 Å². The number of hydrogen-bond acceptors (Lipinski definition) is 7. The Balaban J connectivity index is 1.72. The van der Waals surface area contributed by atoms with Crippen LogP contribution >= 0.6 is 0 Å². The van der Waals surface area contributed by atoms with Crippen LogP contribution in [-0.2, 0) is 35.2 Å². The van der Waals surface area contributed by atoms with Crippen LogP contribution in [-0.4, -0.2) is 70.3 Å². The van der Waals surface area contributed by atoms with E-state index in [9.17, 15) is 13.2 Å². The Hall–Kier alpha value is -1.94. The number of carbonyl (C=O) groups excluding carboxylic acids is 1. The number of likely N-dealkylation sites (N-methyl/N-ethyl adjacent to an activating group) is 1. The quantitative estimate of drug-likeness (QED) is 0.512. The van der Waals surface area contributed by atoms with Gasteiger partial charge < -0.3 is 14.4 Å². The van der Waals surface area contributed by atoms with E-state index in [2.05, 4.69) is 0 Å². The highest BCUT2D eigenvalue weighted by molar-refractivity contribution is 7.85. The van der Waals surface area contributed by atoms with Crippen LogP contribution < -0.4 is 0 Å². The van der Waals surface area contributed by atoms with Crippen molar-refractivity contribution in [2.45, 2.75) is 27.2 Å². The van der Waals surface area contributed by atoms with Crippen molar-refractivity contribution in [1.82, 2.24) is 8.87 Å².